The van der Waals surface area contributed by atoms with Gasteiger partial charge in [0.15, 0.2) is 5.13 Å². The zero-order chi connectivity index (χ0) is 13.8. The molecule has 0 saturated heterocycles. The number of nitrogens with zero attached hydrogens (tertiary/aromatic N) is 2. The number of thiazole rings is 1. The van der Waals surface area contributed by atoms with Crippen LogP contribution in [-0.2, 0) is 0 Å². The third-order valence-electron chi connectivity index (χ3n) is 4.21. The Hall–Kier alpha value is -0.610. The molecule has 3 unspecified atom stereocenters. The smallest absolute Gasteiger partial charge is 0.185 e. The molecule has 0 aliphatic heterocycles. The van der Waals surface area contributed by atoms with E-state index in [1.54, 1.807) is 0 Å². The largest absolute Gasteiger partial charge is 0.348 e. The third-order valence-corrected chi connectivity index (χ3v) is 5.48. The van der Waals surface area contributed by atoms with E-state index in [0.29, 0.717) is 12.1 Å². The van der Waals surface area contributed by atoms with Crippen molar-refractivity contribution in [1.82, 2.24) is 10.3 Å². The minimum Gasteiger partial charge on any atom is -0.348 e. The van der Waals surface area contributed by atoms with Gasteiger partial charge in [-0.2, -0.15) is 0 Å². The highest BCUT2D eigenvalue weighted by molar-refractivity contribution is 7.15. The van der Waals surface area contributed by atoms with Gasteiger partial charge in [-0.3, -0.25) is 0 Å². The average Bonchev–Trinajstić information content (AvgIpc) is 2.88. The van der Waals surface area contributed by atoms with E-state index in [2.05, 4.69) is 43.0 Å². The molecule has 1 fully saturated rings. The fourth-order valence-corrected chi connectivity index (χ4v) is 3.93. The molecule has 1 saturated carbocycles. The number of rotatable bonds is 5. The van der Waals surface area contributed by atoms with Crippen molar-refractivity contribution in [2.75, 3.05) is 18.5 Å². The van der Waals surface area contributed by atoms with E-state index in [-0.39, 0.29) is 0 Å². The lowest BCUT2D eigenvalue weighted by atomic mass is 9.86. The third kappa shape index (κ3) is 3.69. The molecule has 0 bridgehead atoms. The molecule has 19 heavy (non-hydrogen) atoms. The van der Waals surface area contributed by atoms with Crippen molar-refractivity contribution in [2.45, 2.75) is 58.5 Å². The molecule has 2 rings (SSSR count). The molecule has 1 aromatic heterocycles. The molecule has 1 aromatic rings. The van der Waals surface area contributed by atoms with Crippen molar-refractivity contribution < 1.29 is 0 Å². The van der Waals surface area contributed by atoms with Crippen molar-refractivity contribution in [3.05, 3.63) is 11.1 Å². The minimum atomic E-state index is 0.412. The van der Waals surface area contributed by atoms with E-state index < -0.39 is 0 Å². The molecule has 1 aliphatic rings. The van der Waals surface area contributed by atoms with Gasteiger partial charge in [0.25, 0.3) is 0 Å². The van der Waals surface area contributed by atoms with Gasteiger partial charge in [-0.25, -0.2) is 4.98 Å². The van der Waals surface area contributed by atoms with Crippen LogP contribution in [0.4, 0.5) is 5.13 Å². The molecule has 0 amide bonds. The monoisotopic (exact) mass is 281 g/mol. The van der Waals surface area contributed by atoms with Crippen LogP contribution in [0.3, 0.4) is 0 Å². The summed E-state index contributed by atoms with van der Waals surface area (Å²) in [7, 11) is 2.21. The topological polar surface area (TPSA) is 28.2 Å². The second-order valence-electron chi connectivity index (χ2n) is 5.86. The second kappa shape index (κ2) is 6.71. The summed E-state index contributed by atoms with van der Waals surface area (Å²) in [5.41, 5.74) is 0. The van der Waals surface area contributed by atoms with Gasteiger partial charge < -0.3 is 10.2 Å². The summed E-state index contributed by atoms with van der Waals surface area (Å²) >= 11 is 1.84. The van der Waals surface area contributed by atoms with Crippen molar-refractivity contribution >= 4 is 16.5 Å². The predicted octanol–water partition coefficient (Wildman–Crippen LogP) is 3.83. The van der Waals surface area contributed by atoms with Gasteiger partial charge in [-0.05, 0) is 32.2 Å². The van der Waals surface area contributed by atoms with Gasteiger partial charge in [0.05, 0.1) is 0 Å². The van der Waals surface area contributed by atoms with Crippen LogP contribution < -0.4 is 10.2 Å². The Balaban J connectivity index is 2.01. The highest BCUT2D eigenvalue weighted by Gasteiger charge is 2.24. The first kappa shape index (κ1) is 14.8. The maximum absolute atomic E-state index is 4.62. The Kier molecular flexibility index (Phi) is 5.22. The molecule has 0 spiro atoms. The van der Waals surface area contributed by atoms with Crippen LogP contribution in [0.5, 0.6) is 0 Å². The van der Waals surface area contributed by atoms with E-state index in [0.717, 1.165) is 12.5 Å². The molecule has 0 radical (unpaired) electrons. The van der Waals surface area contributed by atoms with Crippen LogP contribution in [0.15, 0.2) is 6.20 Å². The maximum atomic E-state index is 4.62. The Labute approximate surface area is 121 Å². The van der Waals surface area contributed by atoms with Crippen molar-refractivity contribution in [3.63, 3.8) is 0 Å². The average molecular weight is 281 g/mol. The summed E-state index contributed by atoms with van der Waals surface area (Å²) in [5.74, 6) is 0.862. The second-order valence-corrected chi connectivity index (χ2v) is 6.90. The van der Waals surface area contributed by atoms with Gasteiger partial charge in [0, 0.05) is 30.2 Å². The summed E-state index contributed by atoms with van der Waals surface area (Å²) in [5, 5.41) is 4.63. The van der Waals surface area contributed by atoms with Crippen molar-refractivity contribution in [2.24, 2.45) is 5.92 Å². The highest BCUT2D eigenvalue weighted by atomic mass is 32.1. The Morgan fingerprint density at radius 2 is 2.32 bits per heavy atom. The van der Waals surface area contributed by atoms with Gasteiger partial charge >= 0.3 is 0 Å². The predicted molar refractivity (Wildman–Crippen MR) is 84.0 cm³/mol. The normalized spacial score (nSPS) is 25.3. The van der Waals surface area contributed by atoms with Crippen LogP contribution in [0.25, 0.3) is 0 Å². The van der Waals surface area contributed by atoms with Gasteiger partial charge in [0.1, 0.15) is 0 Å². The summed E-state index contributed by atoms with van der Waals surface area (Å²) in [6.07, 6.45) is 7.43. The number of aromatic nitrogens is 1. The molecular weight excluding hydrogens is 254 g/mol. The summed E-state index contributed by atoms with van der Waals surface area (Å²) in [6, 6.07) is 1.09. The Morgan fingerprint density at radius 1 is 1.53 bits per heavy atom. The zero-order valence-electron chi connectivity index (χ0n) is 12.6. The molecule has 3 nitrogen and oxygen atoms in total. The van der Waals surface area contributed by atoms with E-state index in [9.17, 15) is 0 Å². The summed E-state index contributed by atoms with van der Waals surface area (Å²) < 4.78 is 0. The lowest BCUT2D eigenvalue weighted by Gasteiger charge is -2.33. The number of hydrogen-bond donors (Lipinski definition) is 1. The summed E-state index contributed by atoms with van der Waals surface area (Å²) in [6.45, 7) is 7.74. The van der Waals surface area contributed by atoms with E-state index in [4.69, 9.17) is 0 Å². The molecule has 1 aliphatic carbocycles. The zero-order valence-corrected chi connectivity index (χ0v) is 13.5. The van der Waals surface area contributed by atoms with Crippen LogP contribution in [0.1, 0.15) is 57.4 Å². The number of hydrogen-bond acceptors (Lipinski definition) is 4. The van der Waals surface area contributed by atoms with Crippen LogP contribution >= 0.6 is 11.3 Å². The van der Waals surface area contributed by atoms with Crippen molar-refractivity contribution in [1.29, 1.82) is 0 Å². The molecule has 1 N–H and O–H groups in total. The summed E-state index contributed by atoms with van der Waals surface area (Å²) in [4.78, 5) is 8.37. The van der Waals surface area contributed by atoms with Crippen LogP contribution in [0, 0.1) is 5.92 Å². The van der Waals surface area contributed by atoms with Crippen molar-refractivity contribution in [3.8, 4) is 0 Å². The van der Waals surface area contributed by atoms with Gasteiger partial charge in [-0.15, -0.1) is 11.3 Å². The lowest BCUT2D eigenvalue weighted by molar-refractivity contribution is 0.336. The molecule has 4 heteroatoms. The Morgan fingerprint density at radius 3 is 3.00 bits per heavy atom. The molecule has 3 atom stereocenters. The van der Waals surface area contributed by atoms with Crippen LogP contribution in [-0.4, -0.2) is 24.6 Å². The lowest BCUT2D eigenvalue weighted by Crippen LogP contribution is -2.35. The quantitative estimate of drug-likeness (QED) is 0.889. The van der Waals surface area contributed by atoms with Gasteiger partial charge in [0.2, 0.25) is 0 Å². The molecule has 108 valence electrons. The SMILES string of the molecule is CCNC(C)c1cnc(N(C)C2CCCC(C)C2)s1. The first-order chi connectivity index (χ1) is 9.11. The van der Waals surface area contributed by atoms with E-state index in [1.165, 1.54) is 35.7 Å². The van der Waals surface area contributed by atoms with E-state index in [1.807, 2.05) is 17.5 Å². The highest BCUT2D eigenvalue weighted by Crippen LogP contribution is 2.32. The molecule has 1 heterocycles. The molecular formula is C15H27N3S. The Bertz CT molecular complexity index is 390. The fourth-order valence-electron chi connectivity index (χ4n) is 2.96. The molecule has 0 aromatic carbocycles. The standard InChI is InChI=1S/C15H27N3S/c1-5-16-12(3)14-10-17-15(19-14)18(4)13-8-6-7-11(2)9-13/h10-13,16H,5-9H2,1-4H3. The maximum Gasteiger partial charge on any atom is 0.185 e. The van der Waals surface area contributed by atoms with Crippen LogP contribution in [0.2, 0.25) is 0 Å². The first-order valence-corrected chi connectivity index (χ1v) is 8.35. The fraction of sp³-hybridized carbons (Fsp3) is 0.800. The minimum absolute atomic E-state index is 0.412. The van der Waals surface area contributed by atoms with Gasteiger partial charge in [-0.1, -0.05) is 26.7 Å². The first-order valence-electron chi connectivity index (χ1n) is 7.53. The van der Waals surface area contributed by atoms with E-state index >= 15 is 0 Å². The number of anilines is 1. The number of nitrogens with one attached hydrogen (secondary N) is 1.